The van der Waals surface area contributed by atoms with Gasteiger partial charge in [-0.3, -0.25) is 19.8 Å². The van der Waals surface area contributed by atoms with Crippen molar-refractivity contribution in [2.75, 3.05) is 10.7 Å². The topological polar surface area (TPSA) is 148 Å². The number of Topliss-reactive ketones (excluding diaryl/α,β-unsaturated/α-hetero) is 1. The zero-order valence-electron chi connectivity index (χ0n) is 21.8. The molecule has 9 nitrogen and oxygen atoms in total. The number of nitrogens with one attached hydrogen (secondary N) is 2. The van der Waals surface area contributed by atoms with Gasteiger partial charge in [-0.1, -0.05) is 66.7 Å². The van der Waals surface area contributed by atoms with E-state index in [9.17, 15) is 29.4 Å². The molecule has 0 atom stereocenters. The Kier molecular flexibility index (Phi) is 8.94. The van der Waals surface area contributed by atoms with Gasteiger partial charge in [-0.05, 0) is 42.0 Å². The number of hydrogen-bond acceptors (Lipinski definition) is 8. The van der Waals surface area contributed by atoms with Gasteiger partial charge in [0, 0.05) is 27.9 Å². The van der Waals surface area contributed by atoms with Crippen LogP contribution in [0.1, 0.15) is 37.4 Å². The number of nitrogens with zero attached hydrogens (tertiary/aromatic N) is 1. The molecule has 5 rings (SSSR count). The van der Waals surface area contributed by atoms with E-state index >= 15 is 0 Å². The molecule has 196 valence electrons. The number of para-hydroxylation sites is 1. The summed E-state index contributed by atoms with van der Waals surface area (Å²) in [5.41, 5.74) is 3.69. The Morgan fingerprint density at radius 3 is 2.20 bits per heavy atom. The maximum atomic E-state index is 13.4. The second-order valence-electron chi connectivity index (χ2n) is 8.76. The number of phenolic OH excluding ortho intramolecular Hbond substituents is 1. The van der Waals surface area contributed by atoms with Crippen molar-refractivity contribution in [3.05, 3.63) is 130 Å². The van der Waals surface area contributed by atoms with Gasteiger partial charge in [0.15, 0.2) is 5.78 Å². The van der Waals surface area contributed by atoms with Crippen molar-refractivity contribution in [3.8, 4) is 5.75 Å². The van der Waals surface area contributed by atoms with E-state index in [2.05, 4.69) is 15.8 Å². The molecule has 4 aromatic rings. The molecule has 1 aliphatic carbocycles. The number of benzene rings is 4. The second-order valence-corrected chi connectivity index (χ2v) is 8.76. The van der Waals surface area contributed by atoms with Crippen LogP contribution in [0.4, 0.5) is 11.4 Å². The number of carboxylic acid groups (broad SMARTS) is 1. The van der Waals surface area contributed by atoms with Gasteiger partial charge in [0.25, 0.3) is 5.91 Å². The standard InChI is InChI=1S/C31H21N3O6.Na/c35-26-15-14-19(28(36)22-12-6-7-13-23(22)31(39)40)17-25(26)33-34-27-21-11-5-4-8-18(21)16-24(29(27)37)30(38)32-20-9-2-1-3-10-20;/h1-17,33,35H,(H,32,38)(H,39,40);/q;+1/p-1/b34-27-;. The van der Waals surface area contributed by atoms with E-state index in [1.165, 1.54) is 48.5 Å². The van der Waals surface area contributed by atoms with E-state index in [1.807, 2.05) is 0 Å². The van der Waals surface area contributed by atoms with Crippen molar-refractivity contribution in [1.29, 1.82) is 0 Å². The van der Waals surface area contributed by atoms with Gasteiger partial charge in [0.1, 0.15) is 11.5 Å². The van der Waals surface area contributed by atoms with Crippen molar-refractivity contribution in [3.63, 3.8) is 0 Å². The fraction of sp³-hybridized carbons (Fsp3) is 0. The Balaban J connectivity index is 0.00000387. The Hall–Kier alpha value is -4.83. The molecule has 41 heavy (non-hydrogen) atoms. The first-order chi connectivity index (χ1) is 19.3. The first-order valence-electron chi connectivity index (χ1n) is 12.1. The van der Waals surface area contributed by atoms with Crippen LogP contribution >= 0.6 is 0 Å². The average molecular weight is 554 g/mol. The summed E-state index contributed by atoms with van der Waals surface area (Å²) in [5, 5.41) is 28.8. The van der Waals surface area contributed by atoms with Crippen LogP contribution in [-0.2, 0) is 9.59 Å². The second kappa shape index (κ2) is 12.6. The number of hydrazone groups is 1. The van der Waals surface area contributed by atoms with Crippen LogP contribution in [0.3, 0.4) is 0 Å². The predicted octanol–water partition coefficient (Wildman–Crippen LogP) is 0.412. The molecule has 0 radical (unpaired) electrons. The van der Waals surface area contributed by atoms with Crippen LogP contribution in [-0.4, -0.2) is 34.3 Å². The molecular formula is C31H20N3NaO6. The minimum atomic E-state index is -1.50. The molecule has 0 saturated heterocycles. The molecule has 4 aromatic carbocycles. The number of carboxylic acids is 1. The maximum Gasteiger partial charge on any atom is 1.00 e. The third-order valence-electron chi connectivity index (χ3n) is 6.19. The molecule has 0 heterocycles. The quantitative estimate of drug-likeness (QED) is 0.0988. The summed E-state index contributed by atoms with van der Waals surface area (Å²) in [5.74, 6) is -3.64. The molecule has 1 aliphatic rings. The maximum absolute atomic E-state index is 13.4. The van der Waals surface area contributed by atoms with Crippen LogP contribution in [0.15, 0.2) is 108 Å². The largest absolute Gasteiger partial charge is 1.00 e. The minimum absolute atomic E-state index is 0. The molecule has 0 unspecified atom stereocenters. The number of phenols is 1. The number of amides is 1. The van der Waals surface area contributed by atoms with Gasteiger partial charge in [0.2, 0.25) is 5.78 Å². The zero-order valence-corrected chi connectivity index (χ0v) is 23.8. The smallest absolute Gasteiger partial charge is 0.545 e. The number of aromatic hydroxyl groups is 1. The van der Waals surface area contributed by atoms with Gasteiger partial charge in [-0.2, -0.15) is 5.10 Å². The van der Waals surface area contributed by atoms with Crippen molar-refractivity contribution < 1.29 is 58.9 Å². The van der Waals surface area contributed by atoms with E-state index in [1.54, 1.807) is 54.6 Å². The Morgan fingerprint density at radius 1 is 0.805 bits per heavy atom. The number of carbonyl (C=O) groups is 4. The molecular weight excluding hydrogens is 533 g/mol. The molecule has 0 saturated carbocycles. The van der Waals surface area contributed by atoms with Gasteiger partial charge in [-0.25, -0.2) is 0 Å². The Bertz CT molecular complexity index is 1750. The monoisotopic (exact) mass is 553 g/mol. The number of anilines is 2. The molecule has 0 fully saturated rings. The van der Waals surface area contributed by atoms with Gasteiger partial charge in [-0.15, -0.1) is 0 Å². The van der Waals surface area contributed by atoms with Crippen molar-refractivity contribution in [1.82, 2.24) is 0 Å². The average Bonchev–Trinajstić information content (AvgIpc) is 2.97. The van der Waals surface area contributed by atoms with E-state index < -0.39 is 23.4 Å². The number of carbonyl (C=O) groups excluding carboxylic acids is 4. The molecule has 10 heteroatoms. The molecule has 0 aliphatic heterocycles. The molecule has 0 bridgehead atoms. The van der Waals surface area contributed by atoms with Crippen molar-refractivity contribution in [2.24, 2.45) is 5.10 Å². The summed E-state index contributed by atoms with van der Waals surface area (Å²) in [6.07, 6.45) is 1.49. The van der Waals surface area contributed by atoms with Crippen molar-refractivity contribution in [2.45, 2.75) is 0 Å². The normalized spacial score (nSPS) is 12.9. The van der Waals surface area contributed by atoms with Crippen molar-refractivity contribution >= 4 is 46.6 Å². The van der Waals surface area contributed by atoms with E-state index in [0.29, 0.717) is 16.8 Å². The number of hydrogen-bond donors (Lipinski definition) is 3. The van der Waals surface area contributed by atoms with Gasteiger partial charge >= 0.3 is 29.6 Å². The fourth-order valence-corrected chi connectivity index (χ4v) is 4.21. The van der Waals surface area contributed by atoms with Crippen LogP contribution in [0.25, 0.3) is 6.08 Å². The first kappa shape index (κ1) is 29.2. The third-order valence-corrected chi connectivity index (χ3v) is 6.19. The van der Waals surface area contributed by atoms with Crippen LogP contribution < -0.4 is 45.4 Å². The number of aromatic carboxylic acids is 1. The van der Waals surface area contributed by atoms with E-state index in [-0.39, 0.29) is 69.0 Å². The van der Waals surface area contributed by atoms with Gasteiger partial charge in [0.05, 0.1) is 17.2 Å². The van der Waals surface area contributed by atoms with Crippen LogP contribution in [0.2, 0.25) is 0 Å². The van der Waals surface area contributed by atoms with Crippen LogP contribution in [0, 0.1) is 0 Å². The summed E-state index contributed by atoms with van der Waals surface area (Å²) in [6, 6.07) is 25.1. The number of fused-ring (bicyclic) bond motifs is 1. The van der Waals surface area contributed by atoms with Gasteiger partial charge < -0.3 is 20.3 Å². The predicted molar refractivity (Wildman–Crippen MR) is 147 cm³/mol. The first-order valence-corrected chi connectivity index (χ1v) is 12.1. The van der Waals surface area contributed by atoms with E-state index in [4.69, 9.17) is 0 Å². The summed E-state index contributed by atoms with van der Waals surface area (Å²) in [6.45, 7) is 0. The SMILES string of the molecule is O=C(Nc1ccccc1)C1=Cc2ccccc2/C(=N/Nc2cc(C(=O)c3ccccc3C(=O)[O-])ccc2O)C1=O.[Na+]. The molecule has 0 spiro atoms. The summed E-state index contributed by atoms with van der Waals surface area (Å²) in [4.78, 5) is 50.9. The number of ketones is 2. The Morgan fingerprint density at radius 2 is 1.46 bits per heavy atom. The summed E-state index contributed by atoms with van der Waals surface area (Å²) < 4.78 is 0. The number of rotatable bonds is 7. The fourth-order valence-electron chi connectivity index (χ4n) is 4.21. The zero-order chi connectivity index (χ0) is 28.2. The van der Waals surface area contributed by atoms with Crippen LogP contribution in [0.5, 0.6) is 5.75 Å². The summed E-state index contributed by atoms with van der Waals surface area (Å²) in [7, 11) is 0. The molecule has 3 N–H and O–H groups in total. The third kappa shape index (κ3) is 6.17. The molecule has 1 amide bonds. The summed E-state index contributed by atoms with van der Waals surface area (Å²) >= 11 is 0. The molecule has 0 aromatic heterocycles. The Labute approximate surface area is 256 Å². The van der Waals surface area contributed by atoms with E-state index in [0.717, 1.165) is 0 Å². The minimum Gasteiger partial charge on any atom is -0.545 e.